The summed E-state index contributed by atoms with van der Waals surface area (Å²) in [4.78, 5) is 0. The van der Waals surface area contributed by atoms with Crippen LogP contribution < -0.4 is 5.32 Å². The van der Waals surface area contributed by atoms with Crippen LogP contribution in [0.15, 0.2) is 48.5 Å². The molecule has 0 aliphatic heterocycles. The third-order valence-electron chi connectivity index (χ3n) is 2.27. The molecule has 0 aliphatic carbocycles. The van der Waals surface area contributed by atoms with E-state index in [-0.39, 0.29) is 12.4 Å². The number of halogens is 1. The lowest BCUT2D eigenvalue weighted by Crippen LogP contribution is -1.91. The maximum atomic E-state index is 12.7. The number of aliphatic hydroxyl groups is 1. The molecule has 0 spiro atoms. The molecule has 0 unspecified atom stereocenters. The molecule has 2 aromatic rings. The van der Waals surface area contributed by atoms with E-state index in [1.54, 1.807) is 12.1 Å². The number of benzene rings is 2. The minimum atomic E-state index is -0.249. The monoisotopic (exact) mass is 217 g/mol. The normalized spacial score (nSPS) is 10.1. The fraction of sp³-hybridized carbons (Fsp3) is 0.0769. The summed E-state index contributed by atoms with van der Waals surface area (Å²) >= 11 is 0. The van der Waals surface area contributed by atoms with E-state index in [1.165, 1.54) is 12.1 Å². The van der Waals surface area contributed by atoms with Crippen molar-refractivity contribution in [2.24, 2.45) is 0 Å². The smallest absolute Gasteiger partial charge is 0.123 e. The molecule has 0 bridgehead atoms. The Bertz CT molecular complexity index is 450. The summed E-state index contributed by atoms with van der Waals surface area (Å²) in [5, 5.41) is 12.0. The largest absolute Gasteiger partial charge is 0.392 e. The predicted octanol–water partition coefficient (Wildman–Crippen LogP) is 3.06. The average Bonchev–Trinajstić information content (AvgIpc) is 2.33. The van der Waals surface area contributed by atoms with Gasteiger partial charge in [0.15, 0.2) is 0 Å². The molecule has 82 valence electrons. The van der Waals surface area contributed by atoms with Crippen LogP contribution in [0.1, 0.15) is 5.56 Å². The number of nitrogens with one attached hydrogen (secondary N) is 1. The maximum absolute atomic E-state index is 12.7. The number of aliphatic hydroxyl groups excluding tert-OH is 1. The van der Waals surface area contributed by atoms with Gasteiger partial charge in [0, 0.05) is 11.4 Å². The van der Waals surface area contributed by atoms with Gasteiger partial charge in [0.25, 0.3) is 0 Å². The van der Waals surface area contributed by atoms with Crippen molar-refractivity contribution < 1.29 is 9.50 Å². The molecule has 2 rings (SSSR count). The predicted molar refractivity (Wildman–Crippen MR) is 62.0 cm³/mol. The van der Waals surface area contributed by atoms with Gasteiger partial charge < -0.3 is 10.4 Å². The maximum Gasteiger partial charge on any atom is 0.123 e. The van der Waals surface area contributed by atoms with E-state index in [4.69, 9.17) is 5.11 Å². The number of anilines is 2. The first-order chi connectivity index (χ1) is 7.78. The molecule has 0 amide bonds. The van der Waals surface area contributed by atoms with Crippen molar-refractivity contribution in [2.75, 3.05) is 5.32 Å². The third-order valence-corrected chi connectivity index (χ3v) is 2.27. The van der Waals surface area contributed by atoms with E-state index in [0.29, 0.717) is 0 Å². The summed E-state index contributed by atoms with van der Waals surface area (Å²) in [5.74, 6) is -0.249. The molecule has 0 radical (unpaired) electrons. The zero-order chi connectivity index (χ0) is 11.4. The van der Waals surface area contributed by atoms with Gasteiger partial charge in [-0.05, 0) is 42.0 Å². The van der Waals surface area contributed by atoms with Crippen molar-refractivity contribution in [2.45, 2.75) is 6.61 Å². The van der Waals surface area contributed by atoms with Crippen LogP contribution in [0.3, 0.4) is 0 Å². The fourth-order valence-electron chi connectivity index (χ4n) is 1.39. The van der Waals surface area contributed by atoms with Gasteiger partial charge in [-0.2, -0.15) is 0 Å². The summed E-state index contributed by atoms with van der Waals surface area (Å²) in [6, 6.07) is 13.6. The van der Waals surface area contributed by atoms with Crippen molar-refractivity contribution in [3.05, 3.63) is 59.9 Å². The SMILES string of the molecule is OCc1ccc(Nc2ccc(F)cc2)cc1. The first kappa shape index (κ1) is 10.6. The molecule has 0 aromatic heterocycles. The minimum Gasteiger partial charge on any atom is -0.392 e. The number of hydrogen-bond donors (Lipinski definition) is 2. The van der Waals surface area contributed by atoms with Crippen LogP contribution in [0.2, 0.25) is 0 Å². The van der Waals surface area contributed by atoms with Crippen LogP contribution in [0.25, 0.3) is 0 Å². The van der Waals surface area contributed by atoms with E-state index in [1.807, 2.05) is 24.3 Å². The van der Waals surface area contributed by atoms with Crippen molar-refractivity contribution >= 4 is 11.4 Å². The molecule has 0 fully saturated rings. The Kier molecular flexibility index (Phi) is 3.17. The van der Waals surface area contributed by atoms with Gasteiger partial charge >= 0.3 is 0 Å². The second-order valence-corrected chi connectivity index (χ2v) is 3.49. The molecule has 0 atom stereocenters. The summed E-state index contributed by atoms with van der Waals surface area (Å²) in [5.41, 5.74) is 2.60. The van der Waals surface area contributed by atoms with Crippen LogP contribution in [-0.4, -0.2) is 5.11 Å². The molecule has 0 saturated heterocycles. The first-order valence-corrected chi connectivity index (χ1v) is 5.00. The van der Waals surface area contributed by atoms with Crippen LogP contribution in [-0.2, 0) is 6.61 Å². The minimum absolute atomic E-state index is 0.0385. The second kappa shape index (κ2) is 4.77. The molecule has 0 heterocycles. The van der Waals surface area contributed by atoms with Crippen LogP contribution in [0, 0.1) is 5.82 Å². The van der Waals surface area contributed by atoms with Crippen molar-refractivity contribution in [1.29, 1.82) is 0 Å². The van der Waals surface area contributed by atoms with Crippen LogP contribution >= 0.6 is 0 Å². The fourth-order valence-corrected chi connectivity index (χ4v) is 1.39. The van der Waals surface area contributed by atoms with Gasteiger partial charge in [0.2, 0.25) is 0 Å². The molecule has 2 N–H and O–H groups in total. The van der Waals surface area contributed by atoms with Gasteiger partial charge in [0.1, 0.15) is 5.82 Å². The van der Waals surface area contributed by atoms with Gasteiger partial charge in [-0.1, -0.05) is 12.1 Å². The van der Waals surface area contributed by atoms with Crippen molar-refractivity contribution in [3.63, 3.8) is 0 Å². The summed E-state index contributed by atoms with van der Waals surface area (Å²) in [6.07, 6.45) is 0. The first-order valence-electron chi connectivity index (χ1n) is 5.00. The Hall–Kier alpha value is -1.87. The lowest BCUT2D eigenvalue weighted by Gasteiger charge is -2.06. The lowest BCUT2D eigenvalue weighted by atomic mass is 10.2. The summed E-state index contributed by atoms with van der Waals surface area (Å²) in [6.45, 7) is 0.0385. The molecular weight excluding hydrogens is 205 g/mol. The third kappa shape index (κ3) is 2.58. The topological polar surface area (TPSA) is 32.3 Å². The molecular formula is C13H12FNO. The Balaban J connectivity index is 2.11. The average molecular weight is 217 g/mol. The highest BCUT2D eigenvalue weighted by Crippen LogP contribution is 2.17. The highest BCUT2D eigenvalue weighted by atomic mass is 19.1. The van der Waals surface area contributed by atoms with Gasteiger partial charge in [-0.15, -0.1) is 0 Å². The Morgan fingerprint density at radius 3 is 1.88 bits per heavy atom. The van der Waals surface area contributed by atoms with E-state index in [2.05, 4.69) is 5.32 Å². The molecule has 16 heavy (non-hydrogen) atoms. The van der Waals surface area contributed by atoms with Gasteiger partial charge in [0.05, 0.1) is 6.61 Å². The highest BCUT2D eigenvalue weighted by Gasteiger charge is 1.95. The zero-order valence-electron chi connectivity index (χ0n) is 8.65. The van der Waals surface area contributed by atoms with E-state index < -0.39 is 0 Å². The van der Waals surface area contributed by atoms with E-state index >= 15 is 0 Å². The van der Waals surface area contributed by atoms with Crippen LogP contribution in [0.4, 0.5) is 15.8 Å². The molecule has 0 aliphatic rings. The summed E-state index contributed by atoms with van der Waals surface area (Å²) < 4.78 is 12.7. The lowest BCUT2D eigenvalue weighted by molar-refractivity contribution is 0.282. The molecule has 3 heteroatoms. The van der Waals surface area contributed by atoms with Gasteiger partial charge in [-0.25, -0.2) is 4.39 Å². The molecule has 2 aromatic carbocycles. The van der Waals surface area contributed by atoms with Gasteiger partial charge in [-0.3, -0.25) is 0 Å². The van der Waals surface area contributed by atoms with Crippen molar-refractivity contribution in [1.82, 2.24) is 0 Å². The second-order valence-electron chi connectivity index (χ2n) is 3.49. The van der Waals surface area contributed by atoms with Crippen LogP contribution in [0.5, 0.6) is 0 Å². The summed E-state index contributed by atoms with van der Waals surface area (Å²) in [7, 11) is 0. The Morgan fingerprint density at radius 1 is 0.875 bits per heavy atom. The Morgan fingerprint density at radius 2 is 1.38 bits per heavy atom. The quantitative estimate of drug-likeness (QED) is 0.828. The molecule has 2 nitrogen and oxygen atoms in total. The number of hydrogen-bond acceptors (Lipinski definition) is 2. The standard InChI is InChI=1S/C13H12FNO/c14-11-3-7-13(8-4-11)15-12-5-1-10(9-16)2-6-12/h1-8,15-16H,9H2. The van der Waals surface area contributed by atoms with E-state index in [0.717, 1.165) is 16.9 Å². The zero-order valence-corrected chi connectivity index (χ0v) is 8.65. The highest BCUT2D eigenvalue weighted by molar-refractivity contribution is 5.59. The Labute approximate surface area is 93.4 Å². The number of rotatable bonds is 3. The van der Waals surface area contributed by atoms with Crippen molar-refractivity contribution in [3.8, 4) is 0 Å². The van der Waals surface area contributed by atoms with E-state index in [9.17, 15) is 4.39 Å². The molecule has 0 saturated carbocycles.